The predicted octanol–water partition coefficient (Wildman–Crippen LogP) is 2.55. The van der Waals surface area contributed by atoms with E-state index in [1.54, 1.807) is 4.68 Å². The Hall–Kier alpha value is -1.92. The second kappa shape index (κ2) is 7.97. The maximum absolute atomic E-state index is 12.7. The summed E-state index contributed by atoms with van der Waals surface area (Å²) in [6, 6.07) is 8.44. The van der Waals surface area contributed by atoms with Gasteiger partial charge in [0.2, 0.25) is 5.82 Å². The van der Waals surface area contributed by atoms with Crippen LogP contribution in [-0.2, 0) is 0 Å². The molecule has 0 radical (unpaired) electrons. The number of benzene rings is 1. The Balaban J connectivity index is 0.00000225. The lowest BCUT2D eigenvalue weighted by Crippen LogP contribution is -2.51. The van der Waals surface area contributed by atoms with Gasteiger partial charge in [0.25, 0.3) is 5.91 Å². The third-order valence-corrected chi connectivity index (χ3v) is 4.40. The van der Waals surface area contributed by atoms with E-state index in [4.69, 9.17) is 0 Å². The SMILES string of the molecule is Cc1nc(C(=O)N2CCNC(C)C2)nn1-c1ccccc1C(C)C.Cl. The fourth-order valence-electron chi connectivity index (χ4n) is 3.14. The van der Waals surface area contributed by atoms with Gasteiger partial charge in [-0.25, -0.2) is 9.67 Å². The molecule has 0 spiro atoms. The first-order chi connectivity index (χ1) is 11.5. The van der Waals surface area contributed by atoms with Gasteiger partial charge < -0.3 is 10.2 Å². The molecule has 0 bridgehead atoms. The number of halogens is 1. The first kappa shape index (κ1) is 19.4. The fourth-order valence-corrected chi connectivity index (χ4v) is 3.14. The lowest BCUT2D eigenvalue weighted by atomic mass is 10.0. The molecule has 1 fully saturated rings. The van der Waals surface area contributed by atoms with Crippen LogP contribution in [0.25, 0.3) is 5.69 Å². The van der Waals surface area contributed by atoms with Crippen molar-refractivity contribution in [1.29, 1.82) is 0 Å². The number of carbonyl (C=O) groups is 1. The highest BCUT2D eigenvalue weighted by Crippen LogP contribution is 2.23. The smallest absolute Gasteiger partial charge is 0.293 e. The minimum Gasteiger partial charge on any atom is -0.333 e. The maximum Gasteiger partial charge on any atom is 0.293 e. The van der Waals surface area contributed by atoms with Crippen molar-refractivity contribution in [2.75, 3.05) is 19.6 Å². The number of nitrogens with one attached hydrogen (secondary N) is 1. The Morgan fingerprint density at radius 1 is 1.32 bits per heavy atom. The van der Waals surface area contributed by atoms with E-state index in [0.717, 1.165) is 18.1 Å². The molecule has 0 aliphatic carbocycles. The summed E-state index contributed by atoms with van der Waals surface area (Å²) in [5.41, 5.74) is 2.19. The van der Waals surface area contributed by atoms with Gasteiger partial charge in [-0.3, -0.25) is 4.79 Å². The highest BCUT2D eigenvalue weighted by atomic mass is 35.5. The Kier molecular flexibility index (Phi) is 6.19. The molecule has 1 aliphatic heterocycles. The summed E-state index contributed by atoms with van der Waals surface area (Å²) in [6.45, 7) is 10.5. The van der Waals surface area contributed by atoms with Crippen molar-refractivity contribution in [2.45, 2.75) is 39.7 Å². The predicted molar refractivity (Wildman–Crippen MR) is 101 cm³/mol. The number of hydrogen-bond donors (Lipinski definition) is 1. The molecule has 1 N–H and O–H groups in total. The highest BCUT2D eigenvalue weighted by Gasteiger charge is 2.25. The fraction of sp³-hybridized carbons (Fsp3) is 0.500. The van der Waals surface area contributed by atoms with Gasteiger partial charge >= 0.3 is 0 Å². The number of piperazine rings is 1. The number of para-hydroxylation sites is 1. The summed E-state index contributed by atoms with van der Waals surface area (Å²) in [7, 11) is 0. The zero-order chi connectivity index (χ0) is 17.3. The summed E-state index contributed by atoms with van der Waals surface area (Å²) in [4.78, 5) is 19.0. The second-order valence-corrected chi connectivity index (χ2v) is 6.71. The zero-order valence-corrected chi connectivity index (χ0v) is 16.0. The van der Waals surface area contributed by atoms with E-state index >= 15 is 0 Å². The van der Waals surface area contributed by atoms with Crippen LogP contribution in [0.1, 0.15) is 48.7 Å². The molecule has 1 unspecified atom stereocenters. The van der Waals surface area contributed by atoms with E-state index in [1.807, 2.05) is 30.0 Å². The van der Waals surface area contributed by atoms with E-state index in [-0.39, 0.29) is 24.1 Å². The van der Waals surface area contributed by atoms with Gasteiger partial charge in [-0.1, -0.05) is 32.0 Å². The summed E-state index contributed by atoms with van der Waals surface area (Å²) in [6.07, 6.45) is 0. The van der Waals surface area contributed by atoms with Crippen LogP contribution in [0.5, 0.6) is 0 Å². The maximum atomic E-state index is 12.7. The van der Waals surface area contributed by atoms with Crippen molar-refractivity contribution in [3.8, 4) is 5.69 Å². The molecule has 0 saturated carbocycles. The molecule has 136 valence electrons. The lowest BCUT2D eigenvalue weighted by molar-refractivity contribution is 0.0696. The van der Waals surface area contributed by atoms with Crippen LogP contribution in [0.3, 0.4) is 0 Å². The minimum absolute atomic E-state index is 0. The zero-order valence-electron chi connectivity index (χ0n) is 15.2. The average Bonchev–Trinajstić information content (AvgIpc) is 2.95. The van der Waals surface area contributed by atoms with Crippen LogP contribution in [-0.4, -0.2) is 51.2 Å². The van der Waals surface area contributed by atoms with Crippen molar-refractivity contribution in [2.24, 2.45) is 0 Å². The van der Waals surface area contributed by atoms with Gasteiger partial charge in [0.05, 0.1) is 5.69 Å². The number of aryl methyl sites for hydroxylation is 1. The first-order valence-corrected chi connectivity index (χ1v) is 8.53. The number of nitrogens with zero attached hydrogens (tertiary/aromatic N) is 4. The monoisotopic (exact) mass is 363 g/mol. The van der Waals surface area contributed by atoms with Crippen LogP contribution >= 0.6 is 12.4 Å². The van der Waals surface area contributed by atoms with Gasteiger partial charge in [-0.15, -0.1) is 17.5 Å². The van der Waals surface area contributed by atoms with Crippen molar-refractivity contribution < 1.29 is 4.79 Å². The first-order valence-electron chi connectivity index (χ1n) is 8.53. The molecule has 25 heavy (non-hydrogen) atoms. The molecule has 1 aliphatic rings. The molecular weight excluding hydrogens is 338 g/mol. The van der Waals surface area contributed by atoms with Crippen LogP contribution in [0.2, 0.25) is 0 Å². The van der Waals surface area contributed by atoms with Crippen molar-refractivity contribution in [3.05, 3.63) is 41.5 Å². The van der Waals surface area contributed by atoms with Crippen LogP contribution < -0.4 is 5.32 Å². The quantitative estimate of drug-likeness (QED) is 0.910. The molecule has 1 amide bonds. The third kappa shape index (κ3) is 4.02. The van der Waals surface area contributed by atoms with E-state index in [2.05, 4.69) is 42.2 Å². The highest BCUT2D eigenvalue weighted by molar-refractivity contribution is 5.90. The Morgan fingerprint density at radius 2 is 2.04 bits per heavy atom. The number of carbonyl (C=O) groups excluding carboxylic acids is 1. The van der Waals surface area contributed by atoms with Gasteiger partial charge in [-0.2, -0.15) is 0 Å². The van der Waals surface area contributed by atoms with E-state index in [0.29, 0.717) is 25.0 Å². The van der Waals surface area contributed by atoms with Crippen LogP contribution in [0.4, 0.5) is 0 Å². The third-order valence-electron chi connectivity index (χ3n) is 4.40. The standard InChI is InChI=1S/C18H25N5O.ClH/c1-12(2)15-7-5-6-8-16(15)23-14(4)20-17(21-23)18(24)22-10-9-19-13(3)11-22;/h5-8,12-13,19H,9-11H2,1-4H3;1H. The van der Waals surface area contributed by atoms with E-state index in [9.17, 15) is 4.79 Å². The molecule has 1 aromatic carbocycles. The van der Waals surface area contributed by atoms with Crippen molar-refractivity contribution in [1.82, 2.24) is 25.0 Å². The second-order valence-electron chi connectivity index (χ2n) is 6.71. The molecule has 6 nitrogen and oxygen atoms in total. The van der Waals surface area contributed by atoms with Gasteiger partial charge in [0, 0.05) is 25.7 Å². The van der Waals surface area contributed by atoms with Gasteiger partial charge in [0.1, 0.15) is 5.82 Å². The van der Waals surface area contributed by atoms with Gasteiger partial charge in [0.15, 0.2) is 0 Å². The molecule has 1 atom stereocenters. The van der Waals surface area contributed by atoms with Crippen LogP contribution in [0.15, 0.2) is 24.3 Å². The topological polar surface area (TPSA) is 63.1 Å². The van der Waals surface area contributed by atoms with E-state index in [1.165, 1.54) is 5.56 Å². The molecule has 3 rings (SSSR count). The summed E-state index contributed by atoms with van der Waals surface area (Å²) < 4.78 is 1.79. The number of hydrogen-bond acceptors (Lipinski definition) is 4. The normalized spacial score (nSPS) is 17.5. The molecule has 7 heteroatoms. The number of aromatic nitrogens is 3. The molecule has 2 aromatic rings. The molecule has 1 aromatic heterocycles. The summed E-state index contributed by atoms with van der Waals surface area (Å²) in [5, 5.41) is 7.86. The molecule has 1 saturated heterocycles. The van der Waals surface area contributed by atoms with Gasteiger partial charge in [-0.05, 0) is 31.4 Å². The van der Waals surface area contributed by atoms with E-state index < -0.39 is 0 Å². The average molecular weight is 364 g/mol. The lowest BCUT2D eigenvalue weighted by Gasteiger charge is -2.31. The van der Waals surface area contributed by atoms with Crippen molar-refractivity contribution in [3.63, 3.8) is 0 Å². The largest absolute Gasteiger partial charge is 0.333 e. The minimum atomic E-state index is -0.0905. The molecular formula is C18H26ClN5O. The number of amides is 1. The summed E-state index contributed by atoms with van der Waals surface area (Å²) >= 11 is 0. The number of rotatable bonds is 3. The van der Waals surface area contributed by atoms with Crippen molar-refractivity contribution >= 4 is 18.3 Å². The Labute approximate surface area is 155 Å². The van der Waals surface area contributed by atoms with Crippen LogP contribution in [0, 0.1) is 6.92 Å². The molecule has 2 heterocycles. The Bertz CT molecular complexity index is 743. The Morgan fingerprint density at radius 3 is 2.72 bits per heavy atom. The summed E-state index contributed by atoms with van der Waals surface area (Å²) in [5.74, 6) is 1.29.